The monoisotopic (exact) mass is 387 g/mol. The normalized spacial score (nSPS) is 22.6. The number of hydrogen-bond donors (Lipinski definition) is 1. The van der Waals surface area contributed by atoms with Crippen molar-refractivity contribution in [1.29, 1.82) is 0 Å². The molecule has 0 saturated carbocycles. The number of hydrogen-bond acceptors (Lipinski definition) is 5. The van der Waals surface area contributed by atoms with Crippen LogP contribution in [0.1, 0.15) is 5.56 Å². The minimum absolute atomic E-state index is 0.269. The molecule has 4 rings (SSSR count). The summed E-state index contributed by atoms with van der Waals surface area (Å²) < 4.78 is 35.2. The summed E-state index contributed by atoms with van der Waals surface area (Å²) in [7, 11) is -1.59. The van der Waals surface area contributed by atoms with Crippen LogP contribution >= 0.6 is 0 Å². The van der Waals surface area contributed by atoms with Crippen molar-refractivity contribution in [3.8, 4) is 5.75 Å². The van der Waals surface area contributed by atoms with Gasteiger partial charge in [0.15, 0.2) is 0 Å². The average Bonchev–Trinajstić information content (AvgIpc) is 2.79. The van der Waals surface area contributed by atoms with E-state index in [9.17, 15) is 8.42 Å². The van der Waals surface area contributed by atoms with E-state index in [-0.39, 0.29) is 10.9 Å². The smallest absolute Gasteiger partial charge is 0.246 e. The molecule has 2 aromatic carbocycles. The molecule has 0 bridgehead atoms. The van der Waals surface area contributed by atoms with Gasteiger partial charge in [-0.1, -0.05) is 36.4 Å². The Morgan fingerprint density at radius 2 is 1.78 bits per heavy atom. The number of rotatable bonds is 3. The Morgan fingerprint density at radius 3 is 2.52 bits per heavy atom. The number of ether oxygens (including phenoxy) is 1. The summed E-state index contributed by atoms with van der Waals surface area (Å²) in [6, 6.07) is 15.1. The number of nitrogens with zero attached hydrogens (tertiary/aromatic N) is 2. The molecular formula is C20H25N3O3S. The summed E-state index contributed by atoms with van der Waals surface area (Å²) in [5.74, 6) is 0.439. The predicted octanol–water partition coefficient (Wildman–Crippen LogP) is 1.72. The minimum Gasteiger partial charge on any atom is -0.490 e. The van der Waals surface area contributed by atoms with E-state index in [1.54, 1.807) is 6.07 Å². The molecule has 1 atom stereocenters. The number of sulfonamides is 1. The lowest BCUT2D eigenvalue weighted by molar-refractivity contribution is 0.279. The van der Waals surface area contributed by atoms with Gasteiger partial charge in [0.2, 0.25) is 10.0 Å². The molecule has 2 aliphatic heterocycles. The molecule has 0 radical (unpaired) electrons. The Labute approximate surface area is 160 Å². The molecule has 0 spiro atoms. The molecule has 1 N–H and O–H groups in total. The van der Waals surface area contributed by atoms with Crippen LogP contribution in [0.5, 0.6) is 5.75 Å². The maximum atomic E-state index is 13.2. The van der Waals surface area contributed by atoms with Crippen molar-refractivity contribution in [2.45, 2.75) is 17.4 Å². The molecule has 1 fully saturated rings. The van der Waals surface area contributed by atoms with Crippen LogP contribution in [0.25, 0.3) is 0 Å². The van der Waals surface area contributed by atoms with Crippen LogP contribution in [0.4, 0.5) is 5.69 Å². The maximum Gasteiger partial charge on any atom is 0.246 e. The average molecular weight is 388 g/mol. The second-order valence-electron chi connectivity index (χ2n) is 7.21. The quantitative estimate of drug-likeness (QED) is 0.869. The van der Waals surface area contributed by atoms with Crippen molar-refractivity contribution in [2.24, 2.45) is 0 Å². The van der Waals surface area contributed by atoms with Crippen LogP contribution in [-0.2, 0) is 16.4 Å². The van der Waals surface area contributed by atoms with Crippen LogP contribution in [0.2, 0.25) is 0 Å². The SMILES string of the molecule is CN1CCN(c2cccc3c2S(=O)(=O)N[C@H](Cc2ccccc2)CO3)CC1. The lowest BCUT2D eigenvalue weighted by atomic mass is 10.1. The zero-order valence-electron chi connectivity index (χ0n) is 15.5. The highest BCUT2D eigenvalue weighted by atomic mass is 32.2. The summed E-state index contributed by atoms with van der Waals surface area (Å²) in [6.45, 7) is 3.74. The fraction of sp³-hybridized carbons (Fsp3) is 0.400. The van der Waals surface area contributed by atoms with Gasteiger partial charge in [-0.05, 0) is 31.2 Å². The molecule has 144 valence electrons. The van der Waals surface area contributed by atoms with E-state index in [1.165, 1.54) is 0 Å². The lowest BCUT2D eigenvalue weighted by Gasteiger charge is -2.35. The minimum atomic E-state index is -3.67. The topological polar surface area (TPSA) is 61.9 Å². The predicted molar refractivity (Wildman–Crippen MR) is 106 cm³/mol. The lowest BCUT2D eigenvalue weighted by Crippen LogP contribution is -2.45. The Bertz CT molecular complexity index is 894. The molecule has 0 aliphatic carbocycles. The molecular weight excluding hydrogens is 362 g/mol. The largest absolute Gasteiger partial charge is 0.490 e. The number of benzene rings is 2. The van der Waals surface area contributed by atoms with E-state index in [1.807, 2.05) is 42.5 Å². The molecule has 0 aromatic heterocycles. The fourth-order valence-electron chi connectivity index (χ4n) is 3.69. The number of nitrogens with one attached hydrogen (secondary N) is 1. The molecule has 2 heterocycles. The summed E-state index contributed by atoms with van der Waals surface area (Å²) in [4.78, 5) is 4.65. The van der Waals surface area contributed by atoms with Crippen LogP contribution in [0, 0.1) is 0 Å². The van der Waals surface area contributed by atoms with Crippen molar-refractivity contribution >= 4 is 15.7 Å². The van der Waals surface area contributed by atoms with E-state index >= 15 is 0 Å². The van der Waals surface area contributed by atoms with Gasteiger partial charge in [0.1, 0.15) is 17.3 Å². The van der Waals surface area contributed by atoms with Gasteiger partial charge in [0.25, 0.3) is 0 Å². The van der Waals surface area contributed by atoms with Crippen LogP contribution in [-0.4, -0.2) is 59.2 Å². The molecule has 2 aromatic rings. The van der Waals surface area contributed by atoms with Crippen LogP contribution in [0.3, 0.4) is 0 Å². The first kappa shape index (κ1) is 18.3. The third-order valence-electron chi connectivity index (χ3n) is 5.16. The number of likely N-dealkylation sites (N-methyl/N-ethyl adjacent to an activating group) is 1. The molecule has 2 aliphatic rings. The van der Waals surface area contributed by atoms with Gasteiger partial charge in [-0.15, -0.1) is 0 Å². The summed E-state index contributed by atoms with van der Waals surface area (Å²) in [5.41, 5.74) is 1.81. The maximum absolute atomic E-state index is 13.2. The highest BCUT2D eigenvalue weighted by Gasteiger charge is 2.33. The second kappa shape index (κ2) is 7.50. The molecule has 6 nitrogen and oxygen atoms in total. The van der Waals surface area contributed by atoms with Crippen molar-refractivity contribution in [1.82, 2.24) is 9.62 Å². The van der Waals surface area contributed by atoms with E-state index < -0.39 is 10.0 Å². The Hall–Kier alpha value is -2.09. The Balaban J connectivity index is 1.63. The first-order valence-corrected chi connectivity index (χ1v) is 10.8. The molecule has 1 saturated heterocycles. The van der Waals surface area contributed by atoms with E-state index in [4.69, 9.17) is 4.74 Å². The summed E-state index contributed by atoms with van der Waals surface area (Å²) in [6.07, 6.45) is 0.595. The van der Waals surface area contributed by atoms with E-state index in [2.05, 4.69) is 21.6 Å². The highest BCUT2D eigenvalue weighted by Crippen LogP contribution is 2.36. The standard InChI is InChI=1S/C20H25N3O3S/c1-22-10-12-23(13-11-22)18-8-5-9-19-20(18)27(24,25)21-17(15-26-19)14-16-6-3-2-4-7-16/h2-9,17,21H,10-15H2,1H3/t17-/m1/s1. The van der Waals surface area contributed by atoms with Crippen molar-refractivity contribution in [3.63, 3.8) is 0 Å². The second-order valence-corrected chi connectivity index (χ2v) is 8.86. The third kappa shape index (κ3) is 3.95. The van der Waals surface area contributed by atoms with Gasteiger partial charge in [0, 0.05) is 26.2 Å². The van der Waals surface area contributed by atoms with Gasteiger partial charge < -0.3 is 14.5 Å². The highest BCUT2D eigenvalue weighted by molar-refractivity contribution is 7.89. The van der Waals surface area contributed by atoms with Crippen LogP contribution < -0.4 is 14.4 Å². The van der Waals surface area contributed by atoms with Crippen molar-refractivity contribution in [2.75, 3.05) is 44.7 Å². The Kier molecular flexibility index (Phi) is 5.08. The Morgan fingerprint density at radius 1 is 1.04 bits per heavy atom. The van der Waals surface area contributed by atoms with Gasteiger partial charge in [0.05, 0.1) is 11.7 Å². The number of fused-ring (bicyclic) bond motifs is 1. The zero-order chi connectivity index (χ0) is 18.9. The van der Waals surface area contributed by atoms with Crippen molar-refractivity contribution < 1.29 is 13.2 Å². The van der Waals surface area contributed by atoms with E-state index in [0.29, 0.717) is 18.8 Å². The third-order valence-corrected chi connectivity index (χ3v) is 6.75. The fourth-order valence-corrected chi connectivity index (χ4v) is 5.26. The molecule has 0 unspecified atom stereocenters. The van der Waals surface area contributed by atoms with Gasteiger partial charge in [-0.25, -0.2) is 13.1 Å². The first-order chi connectivity index (χ1) is 13.0. The van der Waals surface area contributed by atoms with Gasteiger partial charge in [-0.3, -0.25) is 0 Å². The van der Waals surface area contributed by atoms with Gasteiger partial charge >= 0.3 is 0 Å². The zero-order valence-corrected chi connectivity index (χ0v) is 16.3. The first-order valence-electron chi connectivity index (χ1n) is 9.28. The number of piperazine rings is 1. The number of anilines is 1. The summed E-state index contributed by atoms with van der Waals surface area (Å²) >= 11 is 0. The van der Waals surface area contributed by atoms with Gasteiger partial charge in [-0.2, -0.15) is 0 Å². The van der Waals surface area contributed by atoms with Crippen LogP contribution in [0.15, 0.2) is 53.4 Å². The van der Waals surface area contributed by atoms with Crippen molar-refractivity contribution in [3.05, 3.63) is 54.1 Å². The summed E-state index contributed by atoms with van der Waals surface area (Å²) in [5, 5.41) is 0. The van der Waals surface area contributed by atoms with E-state index in [0.717, 1.165) is 37.4 Å². The molecule has 0 amide bonds. The molecule has 7 heteroatoms. The molecule has 27 heavy (non-hydrogen) atoms.